The highest BCUT2D eigenvalue weighted by Crippen LogP contribution is 2.26. The van der Waals surface area contributed by atoms with Crippen LogP contribution in [0.4, 0.5) is 11.5 Å². The zero-order valence-electron chi connectivity index (χ0n) is 17.6. The van der Waals surface area contributed by atoms with Crippen LogP contribution in [0.1, 0.15) is 28.9 Å². The first kappa shape index (κ1) is 20.8. The molecule has 7 nitrogen and oxygen atoms in total. The maximum atomic E-state index is 13.2. The van der Waals surface area contributed by atoms with Crippen molar-refractivity contribution in [3.05, 3.63) is 66.0 Å². The van der Waals surface area contributed by atoms with Gasteiger partial charge in [0.2, 0.25) is 0 Å². The number of hydrogen-bond donors (Lipinski definition) is 2. The largest absolute Gasteiger partial charge is 0.497 e. The number of ketones is 1. The van der Waals surface area contributed by atoms with Crippen molar-refractivity contribution < 1.29 is 9.53 Å². The number of para-hydroxylation sites is 1. The zero-order chi connectivity index (χ0) is 21.8. The summed E-state index contributed by atoms with van der Waals surface area (Å²) in [4.78, 5) is 24.2. The fourth-order valence-electron chi connectivity index (χ4n) is 3.96. The van der Waals surface area contributed by atoms with Gasteiger partial charge >= 0.3 is 0 Å². The van der Waals surface area contributed by atoms with Gasteiger partial charge in [0.1, 0.15) is 11.4 Å². The molecule has 0 spiro atoms. The number of benzene rings is 2. The molecule has 1 atom stereocenters. The van der Waals surface area contributed by atoms with Crippen molar-refractivity contribution in [3.63, 3.8) is 0 Å². The molecule has 1 fully saturated rings. The van der Waals surface area contributed by atoms with E-state index < -0.39 is 0 Å². The highest BCUT2D eigenvalue weighted by Gasteiger charge is 2.22. The second-order valence-corrected chi connectivity index (χ2v) is 7.79. The fourth-order valence-corrected chi connectivity index (χ4v) is 3.96. The third-order valence-corrected chi connectivity index (χ3v) is 5.59. The van der Waals surface area contributed by atoms with Gasteiger partial charge in [-0.05, 0) is 48.7 Å². The third kappa shape index (κ3) is 4.67. The number of Topliss-reactive ketones (excluding diaryl/α,β-unsaturated/α-hetero) is 1. The molecule has 160 valence electrons. The average molecular weight is 418 g/mol. The molecule has 4 N–H and O–H groups in total. The lowest BCUT2D eigenvalue weighted by Crippen LogP contribution is -2.43. The lowest BCUT2D eigenvalue weighted by atomic mass is 10.0. The fraction of sp³-hybridized carbons (Fsp3) is 0.292. The van der Waals surface area contributed by atoms with E-state index in [4.69, 9.17) is 16.2 Å². The van der Waals surface area contributed by atoms with Crippen molar-refractivity contribution in [3.8, 4) is 17.0 Å². The molecule has 0 aliphatic carbocycles. The number of aromatic nitrogens is 2. The number of methoxy groups -OCH3 is 1. The number of carbonyl (C=O) groups is 1. The molecule has 1 aromatic heterocycles. The van der Waals surface area contributed by atoms with Crippen molar-refractivity contribution in [1.29, 1.82) is 0 Å². The standard InChI is InChI=1S/C24H27N5O2/c1-31-19-10-8-16(9-11-19)20-14-27-24(26)23(28-20)22(30)13-17-5-2-3-7-21(17)29-12-4-6-18(25)15-29/h2-3,5,7-11,14,18H,4,6,12-13,15,25H2,1H3,(H2,26,27). The van der Waals surface area contributed by atoms with Gasteiger partial charge in [-0.15, -0.1) is 0 Å². The molecule has 3 aromatic rings. The van der Waals surface area contributed by atoms with Crippen molar-refractivity contribution in [2.45, 2.75) is 25.3 Å². The predicted octanol–water partition coefficient (Wildman–Crippen LogP) is 3.09. The number of anilines is 2. The van der Waals surface area contributed by atoms with Crippen LogP contribution in [0.5, 0.6) is 5.75 Å². The Hall–Kier alpha value is -3.45. The molecular weight excluding hydrogens is 390 g/mol. The van der Waals surface area contributed by atoms with E-state index in [-0.39, 0.29) is 29.8 Å². The average Bonchev–Trinajstić information content (AvgIpc) is 2.80. The molecule has 4 rings (SSSR count). The summed E-state index contributed by atoms with van der Waals surface area (Å²) >= 11 is 0. The summed E-state index contributed by atoms with van der Waals surface area (Å²) in [7, 11) is 1.62. The Bertz CT molecular complexity index is 1070. The van der Waals surface area contributed by atoms with Crippen molar-refractivity contribution >= 4 is 17.3 Å². The quantitative estimate of drug-likeness (QED) is 0.594. The Morgan fingerprint density at radius 2 is 1.97 bits per heavy atom. The minimum Gasteiger partial charge on any atom is -0.497 e. The summed E-state index contributed by atoms with van der Waals surface area (Å²) in [5.41, 5.74) is 15.8. The second-order valence-electron chi connectivity index (χ2n) is 7.79. The molecule has 1 unspecified atom stereocenters. The molecule has 0 saturated carbocycles. The minimum atomic E-state index is -0.158. The van der Waals surface area contributed by atoms with Crippen LogP contribution in [-0.2, 0) is 6.42 Å². The molecule has 31 heavy (non-hydrogen) atoms. The van der Waals surface area contributed by atoms with E-state index in [9.17, 15) is 4.79 Å². The molecule has 0 amide bonds. The van der Waals surface area contributed by atoms with Crippen LogP contribution >= 0.6 is 0 Å². The van der Waals surface area contributed by atoms with E-state index in [1.807, 2.05) is 48.5 Å². The van der Waals surface area contributed by atoms with Gasteiger partial charge in [0.25, 0.3) is 0 Å². The summed E-state index contributed by atoms with van der Waals surface area (Å²) in [6.45, 7) is 1.73. The Kier molecular flexibility index (Phi) is 6.13. The molecular formula is C24H27N5O2. The van der Waals surface area contributed by atoms with Gasteiger partial charge in [-0.1, -0.05) is 18.2 Å². The lowest BCUT2D eigenvalue weighted by molar-refractivity contribution is 0.0989. The Balaban J connectivity index is 1.59. The third-order valence-electron chi connectivity index (χ3n) is 5.59. The molecule has 1 aliphatic rings. The first-order valence-electron chi connectivity index (χ1n) is 10.4. The zero-order valence-corrected chi connectivity index (χ0v) is 17.6. The maximum Gasteiger partial charge on any atom is 0.189 e. The van der Waals surface area contributed by atoms with Crippen LogP contribution in [0.2, 0.25) is 0 Å². The van der Waals surface area contributed by atoms with Gasteiger partial charge in [0, 0.05) is 36.8 Å². The second kappa shape index (κ2) is 9.14. The topological polar surface area (TPSA) is 107 Å². The normalized spacial score (nSPS) is 16.2. The molecule has 7 heteroatoms. The minimum absolute atomic E-state index is 0.139. The Labute approximate surface area is 182 Å². The SMILES string of the molecule is COc1ccc(-c2cnc(N)c(C(=O)Cc3ccccc3N3CCCC(N)C3)n2)cc1. The number of nitrogens with two attached hydrogens (primary N) is 2. The van der Waals surface area contributed by atoms with Gasteiger partial charge in [-0.25, -0.2) is 9.97 Å². The number of nitrogens with zero attached hydrogens (tertiary/aromatic N) is 3. The van der Waals surface area contributed by atoms with Crippen LogP contribution in [0.25, 0.3) is 11.3 Å². The van der Waals surface area contributed by atoms with Gasteiger partial charge in [0.15, 0.2) is 11.6 Å². The highest BCUT2D eigenvalue weighted by molar-refractivity contribution is 6.00. The van der Waals surface area contributed by atoms with Gasteiger partial charge in [-0.2, -0.15) is 0 Å². The van der Waals surface area contributed by atoms with Crippen LogP contribution in [-0.4, -0.2) is 42.0 Å². The van der Waals surface area contributed by atoms with E-state index in [0.717, 1.165) is 48.5 Å². The molecule has 1 saturated heterocycles. The smallest absolute Gasteiger partial charge is 0.189 e. The van der Waals surface area contributed by atoms with Gasteiger partial charge in [-0.3, -0.25) is 4.79 Å². The number of carbonyl (C=O) groups excluding carboxylic acids is 1. The summed E-state index contributed by atoms with van der Waals surface area (Å²) in [6, 6.07) is 15.5. The number of rotatable bonds is 6. The first-order chi connectivity index (χ1) is 15.0. The number of hydrogen-bond acceptors (Lipinski definition) is 7. The summed E-state index contributed by atoms with van der Waals surface area (Å²) < 4.78 is 5.20. The summed E-state index contributed by atoms with van der Waals surface area (Å²) in [5.74, 6) is 0.728. The van der Waals surface area contributed by atoms with Crippen LogP contribution in [0.15, 0.2) is 54.7 Å². The Morgan fingerprint density at radius 3 is 2.71 bits per heavy atom. The molecule has 0 radical (unpaired) electrons. The number of ether oxygens (including phenoxy) is 1. The van der Waals surface area contributed by atoms with E-state index in [2.05, 4.69) is 14.9 Å². The van der Waals surface area contributed by atoms with E-state index in [1.54, 1.807) is 13.3 Å². The van der Waals surface area contributed by atoms with Crippen LogP contribution < -0.4 is 21.1 Å². The van der Waals surface area contributed by atoms with Crippen LogP contribution in [0.3, 0.4) is 0 Å². The first-order valence-corrected chi connectivity index (χ1v) is 10.4. The van der Waals surface area contributed by atoms with Crippen LogP contribution in [0, 0.1) is 0 Å². The van der Waals surface area contributed by atoms with Gasteiger partial charge in [0.05, 0.1) is 19.0 Å². The maximum absolute atomic E-state index is 13.2. The van der Waals surface area contributed by atoms with E-state index in [0.29, 0.717) is 5.69 Å². The summed E-state index contributed by atoms with van der Waals surface area (Å²) in [6.07, 6.45) is 3.86. The van der Waals surface area contributed by atoms with E-state index in [1.165, 1.54) is 0 Å². The monoisotopic (exact) mass is 417 g/mol. The Morgan fingerprint density at radius 1 is 1.19 bits per heavy atom. The highest BCUT2D eigenvalue weighted by atomic mass is 16.5. The molecule has 2 aromatic carbocycles. The lowest BCUT2D eigenvalue weighted by Gasteiger charge is -2.34. The van der Waals surface area contributed by atoms with Crippen molar-refractivity contribution in [2.75, 3.05) is 30.8 Å². The number of piperidine rings is 1. The number of nitrogen functional groups attached to an aromatic ring is 1. The summed E-state index contributed by atoms with van der Waals surface area (Å²) in [5, 5.41) is 0. The molecule has 0 bridgehead atoms. The van der Waals surface area contributed by atoms with E-state index >= 15 is 0 Å². The van der Waals surface area contributed by atoms with Crippen molar-refractivity contribution in [1.82, 2.24) is 9.97 Å². The predicted molar refractivity (Wildman–Crippen MR) is 122 cm³/mol. The molecule has 1 aliphatic heterocycles. The molecule has 2 heterocycles. The van der Waals surface area contributed by atoms with Gasteiger partial charge < -0.3 is 21.1 Å². The van der Waals surface area contributed by atoms with Crippen molar-refractivity contribution in [2.24, 2.45) is 5.73 Å².